The van der Waals surface area contributed by atoms with Crippen molar-refractivity contribution in [2.75, 3.05) is 33.4 Å². The van der Waals surface area contributed by atoms with Crippen LogP contribution in [0.1, 0.15) is 26.7 Å². The summed E-state index contributed by atoms with van der Waals surface area (Å²) in [6, 6.07) is 0.828. The number of nitrogens with zero attached hydrogens (tertiary/aromatic N) is 1. The van der Waals surface area contributed by atoms with Gasteiger partial charge >= 0.3 is 5.97 Å². The van der Waals surface area contributed by atoms with Crippen molar-refractivity contribution in [3.63, 3.8) is 0 Å². The van der Waals surface area contributed by atoms with E-state index in [1.54, 1.807) is 0 Å². The molecule has 2 aliphatic rings. The second kappa shape index (κ2) is 5.55. The Morgan fingerprint density at radius 2 is 2.28 bits per heavy atom. The van der Waals surface area contributed by atoms with Gasteiger partial charge in [0.1, 0.15) is 5.54 Å². The molecule has 0 aromatic heterocycles. The first-order chi connectivity index (χ1) is 8.55. The number of hydrogen-bond acceptors (Lipinski definition) is 5. The molecule has 2 unspecified atom stereocenters. The van der Waals surface area contributed by atoms with Crippen LogP contribution in [0.4, 0.5) is 0 Å². The normalized spacial score (nSPS) is 28.7. The number of nitrogens with one attached hydrogen (secondary N) is 1. The fourth-order valence-electron chi connectivity index (χ4n) is 2.48. The lowest BCUT2D eigenvalue weighted by atomic mass is 10.00. The van der Waals surface area contributed by atoms with Gasteiger partial charge in [-0.2, -0.15) is 0 Å². The van der Waals surface area contributed by atoms with Gasteiger partial charge in [0.2, 0.25) is 0 Å². The fourth-order valence-corrected chi connectivity index (χ4v) is 2.48. The van der Waals surface area contributed by atoms with E-state index in [4.69, 9.17) is 9.47 Å². The van der Waals surface area contributed by atoms with Crippen LogP contribution in [-0.2, 0) is 14.3 Å². The zero-order valence-electron chi connectivity index (χ0n) is 11.6. The van der Waals surface area contributed by atoms with E-state index < -0.39 is 5.54 Å². The van der Waals surface area contributed by atoms with Crippen LogP contribution in [0.2, 0.25) is 0 Å². The zero-order valence-corrected chi connectivity index (χ0v) is 11.6. The van der Waals surface area contributed by atoms with Crippen LogP contribution in [0.5, 0.6) is 0 Å². The minimum Gasteiger partial charge on any atom is -0.468 e. The molecule has 1 heterocycles. The van der Waals surface area contributed by atoms with Crippen molar-refractivity contribution in [3.8, 4) is 0 Å². The van der Waals surface area contributed by atoms with Crippen LogP contribution in [0.15, 0.2) is 0 Å². The van der Waals surface area contributed by atoms with E-state index in [2.05, 4.69) is 17.1 Å². The van der Waals surface area contributed by atoms with Crippen molar-refractivity contribution in [3.05, 3.63) is 0 Å². The second-order valence-electron chi connectivity index (χ2n) is 5.64. The van der Waals surface area contributed by atoms with Crippen molar-refractivity contribution in [2.45, 2.75) is 44.3 Å². The van der Waals surface area contributed by atoms with E-state index in [0.717, 1.165) is 32.6 Å². The van der Waals surface area contributed by atoms with Crippen LogP contribution < -0.4 is 5.32 Å². The van der Waals surface area contributed by atoms with Crippen LogP contribution in [0.3, 0.4) is 0 Å². The third kappa shape index (κ3) is 3.22. The Kier molecular flexibility index (Phi) is 4.25. The monoisotopic (exact) mass is 256 g/mol. The summed E-state index contributed by atoms with van der Waals surface area (Å²) in [6.45, 7) is 7.11. The molecule has 0 aromatic rings. The Morgan fingerprint density at radius 1 is 1.56 bits per heavy atom. The molecule has 2 fully saturated rings. The topological polar surface area (TPSA) is 50.8 Å². The number of ether oxygens (including phenoxy) is 2. The molecule has 2 rings (SSSR count). The van der Waals surface area contributed by atoms with Crippen molar-refractivity contribution < 1.29 is 14.3 Å². The van der Waals surface area contributed by atoms with Crippen LogP contribution in [0, 0.1) is 0 Å². The molecule has 1 saturated heterocycles. The molecule has 5 heteroatoms. The first-order valence-electron chi connectivity index (χ1n) is 6.73. The molecule has 0 radical (unpaired) electrons. The minimum absolute atomic E-state index is 0.173. The van der Waals surface area contributed by atoms with Gasteiger partial charge in [0.05, 0.1) is 20.3 Å². The van der Waals surface area contributed by atoms with Gasteiger partial charge in [-0.25, -0.2) is 0 Å². The molecule has 0 spiro atoms. The Hall–Kier alpha value is -0.650. The summed E-state index contributed by atoms with van der Waals surface area (Å²) in [7, 11) is 1.46. The number of hydrogen-bond donors (Lipinski definition) is 1. The van der Waals surface area contributed by atoms with E-state index in [1.165, 1.54) is 7.11 Å². The third-order valence-corrected chi connectivity index (χ3v) is 3.76. The van der Waals surface area contributed by atoms with Gasteiger partial charge in [0.15, 0.2) is 0 Å². The molecule has 1 aliphatic carbocycles. The summed E-state index contributed by atoms with van der Waals surface area (Å²) in [4.78, 5) is 14.3. The average Bonchev–Trinajstić information content (AvgIpc) is 3.15. The molecule has 2 atom stereocenters. The van der Waals surface area contributed by atoms with Gasteiger partial charge in [0, 0.05) is 25.2 Å². The summed E-state index contributed by atoms with van der Waals surface area (Å²) < 4.78 is 10.4. The third-order valence-electron chi connectivity index (χ3n) is 3.76. The van der Waals surface area contributed by atoms with Gasteiger partial charge in [-0.3, -0.25) is 15.0 Å². The SMILES string of the molecule is COC(=O)C(C)(CN1CCOCC1C)NC1CC1. The van der Waals surface area contributed by atoms with Crippen LogP contribution >= 0.6 is 0 Å². The quantitative estimate of drug-likeness (QED) is 0.721. The number of esters is 1. The van der Waals surface area contributed by atoms with E-state index >= 15 is 0 Å². The number of carbonyl (C=O) groups excluding carboxylic acids is 1. The summed E-state index contributed by atoms with van der Waals surface area (Å²) >= 11 is 0. The highest BCUT2D eigenvalue weighted by Gasteiger charge is 2.41. The first kappa shape index (κ1) is 13.8. The van der Waals surface area contributed by atoms with Crippen LogP contribution in [0.25, 0.3) is 0 Å². The molecule has 18 heavy (non-hydrogen) atoms. The summed E-state index contributed by atoms with van der Waals surface area (Å²) in [5.41, 5.74) is -0.610. The molecule has 0 aromatic carbocycles. The first-order valence-corrected chi connectivity index (χ1v) is 6.73. The number of rotatable bonds is 5. The van der Waals surface area contributed by atoms with E-state index in [9.17, 15) is 4.79 Å². The number of methoxy groups -OCH3 is 1. The molecule has 104 valence electrons. The predicted molar refractivity (Wildman–Crippen MR) is 68.4 cm³/mol. The van der Waals surface area contributed by atoms with E-state index in [0.29, 0.717) is 18.6 Å². The van der Waals surface area contributed by atoms with Gasteiger partial charge < -0.3 is 9.47 Å². The van der Waals surface area contributed by atoms with Crippen molar-refractivity contribution in [1.29, 1.82) is 0 Å². The van der Waals surface area contributed by atoms with Gasteiger partial charge in [-0.15, -0.1) is 0 Å². The highest BCUT2D eigenvalue weighted by molar-refractivity contribution is 5.80. The lowest BCUT2D eigenvalue weighted by Gasteiger charge is -2.39. The van der Waals surface area contributed by atoms with Gasteiger partial charge in [-0.05, 0) is 26.7 Å². The van der Waals surface area contributed by atoms with Crippen molar-refractivity contribution >= 4 is 5.97 Å². The molecule has 1 N–H and O–H groups in total. The standard InChI is InChI=1S/C13H24N2O3/c1-10-8-18-7-6-15(10)9-13(2,12(16)17-3)14-11-4-5-11/h10-11,14H,4-9H2,1-3H3. The number of morpholine rings is 1. The molecular weight excluding hydrogens is 232 g/mol. The summed E-state index contributed by atoms with van der Waals surface area (Å²) in [5.74, 6) is -0.173. The molecular formula is C13H24N2O3. The Labute approximate surface area is 109 Å². The van der Waals surface area contributed by atoms with Gasteiger partial charge in [-0.1, -0.05) is 0 Å². The summed E-state index contributed by atoms with van der Waals surface area (Å²) in [5, 5.41) is 3.43. The smallest absolute Gasteiger partial charge is 0.327 e. The molecule has 0 bridgehead atoms. The Balaban J connectivity index is 2.00. The van der Waals surface area contributed by atoms with Crippen molar-refractivity contribution in [1.82, 2.24) is 10.2 Å². The molecule has 5 nitrogen and oxygen atoms in total. The fraction of sp³-hybridized carbons (Fsp3) is 0.923. The maximum Gasteiger partial charge on any atom is 0.327 e. The zero-order chi connectivity index (χ0) is 13.2. The van der Waals surface area contributed by atoms with Crippen molar-refractivity contribution in [2.24, 2.45) is 0 Å². The maximum absolute atomic E-state index is 12.0. The second-order valence-corrected chi connectivity index (χ2v) is 5.64. The Morgan fingerprint density at radius 3 is 2.83 bits per heavy atom. The van der Waals surface area contributed by atoms with E-state index in [-0.39, 0.29) is 5.97 Å². The largest absolute Gasteiger partial charge is 0.468 e. The highest BCUT2D eigenvalue weighted by atomic mass is 16.5. The Bertz CT molecular complexity index is 307. The molecule has 1 saturated carbocycles. The lowest BCUT2D eigenvalue weighted by molar-refractivity contribution is -0.150. The molecule has 0 amide bonds. The van der Waals surface area contributed by atoms with E-state index in [1.807, 2.05) is 6.92 Å². The number of carbonyl (C=O) groups is 1. The minimum atomic E-state index is -0.610. The van der Waals surface area contributed by atoms with Crippen LogP contribution in [-0.4, -0.2) is 61.9 Å². The maximum atomic E-state index is 12.0. The lowest BCUT2D eigenvalue weighted by Crippen LogP contribution is -2.61. The highest BCUT2D eigenvalue weighted by Crippen LogP contribution is 2.24. The van der Waals surface area contributed by atoms with Gasteiger partial charge in [0.25, 0.3) is 0 Å². The average molecular weight is 256 g/mol. The predicted octanol–water partition coefficient (Wildman–Crippen LogP) is 0.391. The molecule has 1 aliphatic heterocycles. The summed E-state index contributed by atoms with van der Waals surface area (Å²) in [6.07, 6.45) is 2.32.